The van der Waals surface area contributed by atoms with Crippen LogP contribution in [0.4, 0.5) is 0 Å². The summed E-state index contributed by atoms with van der Waals surface area (Å²) in [5, 5.41) is 0. The van der Waals surface area contributed by atoms with Gasteiger partial charge in [-0.3, -0.25) is 4.79 Å². The molecule has 0 spiro atoms. The van der Waals surface area contributed by atoms with Gasteiger partial charge in [0.25, 0.3) is 0 Å². The summed E-state index contributed by atoms with van der Waals surface area (Å²) in [5.74, 6) is 0.933. The topological polar surface area (TPSA) is 29.5 Å². The van der Waals surface area contributed by atoms with Gasteiger partial charge in [-0.2, -0.15) is 0 Å². The van der Waals surface area contributed by atoms with Crippen LogP contribution in [-0.2, 0) is 9.53 Å². The Morgan fingerprint density at radius 2 is 0.800 bits per heavy atom. The van der Waals surface area contributed by atoms with Gasteiger partial charge < -0.3 is 9.64 Å². The molecule has 0 aromatic carbocycles. The molecule has 0 aromatic heterocycles. The summed E-state index contributed by atoms with van der Waals surface area (Å²) in [6, 6.07) is 0. The van der Waals surface area contributed by atoms with Gasteiger partial charge in [0.05, 0.1) is 12.0 Å². The van der Waals surface area contributed by atoms with Crippen molar-refractivity contribution in [1.29, 1.82) is 0 Å². The standard InChI is InChI=1S/C42H85NO2/c1-7-9-11-13-15-17-19-21-23-25-27-29-31-33-36-43(41(44)39-42(5,6)45-38-35-40(3)4)37-34-32-30-28-26-24-22-20-18-16-14-12-10-8-2/h40H,7-39H2,1-6H3. The van der Waals surface area contributed by atoms with Gasteiger partial charge in [-0.25, -0.2) is 0 Å². The number of ether oxygens (including phenoxy) is 1. The van der Waals surface area contributed by atoms with Crippen LogP contribution in [0.25, 0.3) is 0 Å². The normalized spacial score (nSPS) is 12.0. The summed E-state index contributed by atoms with van der Waals surface area (Å²) in [6.45, 7) is 15.9. The molecule has 0 saturated heterocycles. The summed E-state index contributed by atoms with van der Waals surface area (Å²) in [7, 11) is 0. The Labute approximate surface area is 285 Å². The average molecular weight is 636 g/mol. The van der Waals surface area contributed by atoms with Crippen molar-refractivity contribution in [3.8, 4) is 0 Å². The highest BCUT2D eigenvalue weighted by Gasteiger charge is 2.26. The van der Waals surface area contributed by atoms with Crippen molar-refractivity contribution >= 4 is 5.91 Å². The van der Waals surface area contributed by atoms with Crippen molar-refractivity contribution in [1.82, 2.24) is 4.90 Å². The van der Waals surface area contributed by atoms with Crippen molar-refractivity contribution in [2.24, 2.45) is 5.92 Å². The Morgan fingerprint density at radius 3 is 1.09 bits per heavy atom. The highest BCUT2D eigenvalue weighted by Crippen LogP contribution is 2.20. The quantitative estimate of drug-likeness (QED) is 0.0641. The fourth-order valence-corrected chi connectivity index (χ4v) is 6.45. The second kappa shape index (κ2) is 33.3. The third-order valence-electron chi connectivity index (χ3n) is 9.68. The minimum atomic E-state index is -0.380. The first-order valence-corrected chi connectivity index (χ1v) is 20.7. The van der Waals surface area contributed by atoms with Gasteiger partial charge in [0.15, 0.2) is 0 Å². The van der Waals surface area contributed by atoms with E-state index in [9.17, 15) is 4.79 Å². The van der Waals surface area contributed by atoms with Gasteiger partial charge in [0, 0.05) is 19.7 Å². The first kappa shape index (κ1) is 44.4. The predicted octanol–water partition coefficient (Wildman–Crippen LogP) is 14.0. The average Bonchev–Trinajstić information content (AvgIpc) is 2.99. The molecule has 0 saturated carbocycles. The Morgan fingerprint density at radius 1 is 0.511 bits per heavy atom. The van der Waals surface area contributed by atoms with Crippen LogP contribution < -0.4 is 0 Å². The van der Waals surface area contributed by atoms with E-state index < -0.39 is 0 Å². The van der Waals surface area contributed by atoms with E-state index in [0.717, 1.165) is 39.0 Å². The van der Waals surface area contributed by atoms with E-state index >= 15 is 0 Å². The monoisotopic (exact) mass is 636 g/mol. The zero-order chi connectivity index (χ0) is 33.3. The molecule has 0 heterocycles. The molecule has 0 fully saturated rings. The van der Waals surface area contributed by atoms with Gasteiger partial charge in [0.2, 0.25) is 5.91 Å². The summed E-state index contributed by atoms with van der Waals surface area (Å²) < 4.78 is 6.17. The Kier molecular flexibility index (Phi) is 32.9. The molecule has 0 N–H and O–H groups in total. The third kappa shape index (κ3) is 33.1. The van der Waals surface area contributed by atoms with Gasteiger partial charge in [-0.1, -0.05) is 195 Å². The molecule has 0 unspecified atom stereocenters. The summed E-state index contributed by atoms with van der Waals surface area (Å²) >= 11 is 0. The van der Waals surface area contributed by atoms with Crippen molar-refractivity contribution in [3.63, 3.8) is 0 Å². The van der Waals surface area contributed by atoms with E-state index in [-0.39, 0.29) is 5.60 Å². The second-order valence-corrected chi connectivity index (χ2v) is 15.5. The van der Waals surface area contributed by atoms with Crippen LogP contribution >= 0.6 is 0 Å². The Bertz CT molecular complexity index is 570. The number of hydrogen-bond donors (Lipinski definition) is 0. The molecule has 3 heteroatoms. The SMILES string of the molecule is CCCCCCCCCCCCCCCCN(CCCCCCCCCCCCCCCC)C(=O)CC(C)(C)OCCC(C)C. The molecular formula is C42H85NO2. The van der Waals surface area contributed by atoms with E-state index in [1.807, 2.05) is 0 Å². The van der Waals surface area contributed by atoms with Gasteiger partial charge in [-0.05, 0) is 39.0 Å². The maximum absolute atomic E-state index is 13.4. The fraction of sp³-hybridized carbons (Fsp3) is 0.976. The van der Waals surface area contributed by atoms with Crippen molar-refractivity contribution in [2.45, 2.75) is 240 Å². The number of carbonyl (C=O) groups is 1. The molecule has 45 heavy (non-hydrogen) atoms. The molecule has 1 amide bonds. The van der Waals surface area contributed by atoms with Gasteiger partial charge in [0.1, 0.15) is 0 Å². The van der Waals surface area contributed by atoms with E-state index in [1.165, 1.54) is 167 Å². The molecular weight excluding hydrogens is 550 g/mol. The second-order valence-electron chi connectivity index (χ2n) is 15.5. The van der Waals surface area contributed by atoms with Crippen molar-refractivity contribution < 1.29 is 9.53 Å². The van der Waals surface area contributed by atoms with Crippen LogP contribution in [0.2, 0.25) is 0 Å². The molecule has 0 rings (SSSR count). The van der Waals surface area contributed by atoms with E-state index in [4.69, 9.17) is 4.74 Å². The molecule has 0 bridgehead atoms. The highest BCUT2D eigenvalue weighted by molar-refractivity contribution is 5.77. The van der Waals surface area contributed by atoms with Gasteiger partial charge >= 0.3 is 0 Å². The minimum Gasteiger partial charge on any atom is -0.375 e. The fourth-order valence-electron chi connectivity index (χ4n) is 6.45. The largest absolute Gasteiger partial charge is 0.375 e. The maximum atomic E-state index is 13.4. The molecule has 0 aliphatic carbocycles. The molecule has 0 aliphatic heterocycles. The summed E-state index contributed by atoms with van der Waals surface area (Å²) in [5.41, 5.74) is -0.380. The molecule has 270 valence electrons. The van der Waals surface area contributed by atoms with Crippen molar-refractivity contribution in [2.75, 3.05) is 19.7 Å². The number of nitrogens with zero attached hydrogens (tertiary/aromatic N) is 1. The zero-order valence-corrected chi connectivity index (χ0v) is 32.2. The molecule has 3 nitrogen and oxygen atoms in total. The van der Waals surface area contributed by atoms with E-state index in [1.54, 1.807) is 0 Å². The number of unbranched alkanes of at least 4 members (excludes halogenated alkanes) is 26. The lowest BCUT2D eigenvalue weighted by Crippen LogP contribution is -2.39. The van der Waals surface area contributed by atoms with Crippen LogP contribution in [0.15, 0.2) is 0 Å². The highest BCUT2D eigenvalue weighted by atomic mass is 16.5. The number of carbonyl (C=O) groups excluding carboxylic acids is 1. The van der Waals surface area contributed by atoms with Crippen molar-refractivity contribution in [3.05, 3.63) is 0 Å². The van der Waals surface area contributed by atoms with Crippen LogP contribution in [0.1, 0.15) is 234 Å². The smallest absolute Gasteiger partial charge is 0.225 e. The lowest BCUT2D eigenvalue weighted by molar-refractivity contribution is -0.138. The Balaban J connectivity index is 4.20. The maximum Gasteiger partial charge on any atom is 0.225 e. The molecule has 0 aromatic rings. The molecule has 0 atom stereocenters. The first-order chi connectivity index (χ1) is 21.8. The molecule has 0 radical (unpaired) electrons. The predicted molar refractivity (Wildman–Crippen MR) is 201 cm³/mol. The lowest BCUT2D eigenvalue weighted by Gasteiger charge is -2.30. The minimum absolute atomic E-state index is 0.300. The Hall–Kier alpha value is -0.570. The third-order valence-corrected chi connectivity index (χ3v) is 9.68. The summed E-state index contributed by atoms with van der Waals surface area (Å²) in [4.78, 5) is 15.6. The number of hydrogen-bond acceptors (Lipinski definition) is 2. The summed E-state index contributed by atoms with van der Waals surface area (Å²) in [6.07, 6.45) is 40.1. The van der Waals surface area contributed by atoms with E-state index in [2.05, 4.69) is 46.4 Å². The van der Waals surface area contributed by atoms with Gasteiger partial charge in [-0.15, -0.1) is 0 Å². The zero-order valence-electron chi connectivity index (χ0n) is 32.2. The molecule has 0 aliphatic rings. The number of rotatable bonds is 36. The lowest BCUT2D eigenvalue weighted by atomic mass is 10.0. The van der Waals surface area contributed by atoms with E-state index in [0.29, 0.717) is 18.2 Å². The van der Waals surface area contributed by atoms with Crippen LogP contribution in [0.3, 0.4) is 0 Å². The van der Waals surface area contributed by atoms with Crippen LogP contribution in [0, 0.1) is 5.92 Å². The van der Waals surface area contributed by atoms with Crippen LogP contribution in [-0.4, -0.2) is 36.1 Å². The first-order valence-electron chi connectivity index (χ1n) is 20.7. The van der Waals surface area contributed by atoms with Crippen LogP contribution in [0.5, 0.6) is 0 Å². The number of amides is 1.